The zero-order chi connectivity index (χ0) is 14.8. The van der Waals surface area contributed by atoms with Gasteiger partial charge in [0.1, 0.15) is 17.6 Å². The Morgan fingerprint density at radius 1 is 1.14 bits per heavy atom. The van der Waals surface area contributed by atoms with Crippen molar-refractivity contribution in [3.63, 3.8) is 0 Å². The summed E-state index contributed by atoms with van der Waals surface area (Å²) in [4.78, 5) is 1.44. The van der Waals surface area contributed by atoms with Crippen LogP contribution in [0.1, 0.15) is 22.9 Å². The van der Waals surface area contributed by atoms with Gasteiger partial charge in [0.25, 0.3) is 0 Å². The minimum Gasteiger partial charge on any atom is -0.382 e. The number of aliphatic hydroxyl groups excluding tert-OH is 1. The first-order valence-corrected chi connectivity index (χ1v) is 6.56. The van der Waals surface area contributed by atoms with Crippen molar-refractivity contribution in [2.24, 2.45) is 0 Å². The average Bonchev–Trinajstić information content (AvgIpc) is 2.96. The Morgan fingerprint density at radius 3 is 2.62 bits per heavy atom. The normalized spacial score (nSPS) is 12.3. The van der Waals surface area contributed by atoms with Gasteiger partial charge in [0.15, 0.2) is 0 Å². The topological polar surface area (TPSA) is 50.9 Å². The van der Waals surface area contributed by atoms with E-state index in [2.05, 4.69) is 10.2 Å². The molecule has 0 aliphatic rings. The SMILES string of the molecule is Cc1cc(F)cc(C(O)c2cnn(-c3ccccc3)n2)c1. The number of rotatable bonds is 3. The van der Waals surface area contributed by atoms with Crippen molar-refractivity contribution in [1.82, 2.24) is 15.0 Å². The fourth-order valence-corrected chi connectivity index (χ4v) is 2.18. The third-order valence-corrected chi connectivity index (χ3v) is 3.16. The molecule has 21 heavy (non-hydrogen) atoms. The lowest BCUT2D eigenvalue weighted by atomic mass is 10.0. The highest BCUT2D eigenvalue weighted by atomic mass is 19.1. The maximum Gasteiger partial charge on any atom is 0.125 e. The molecule has 1 unspecified atom stereocenters. The molecule has 1 heterocycles. The molecule has 106 valence electrons. The van der Waals surface area contributed by atoms with Gasteiger partial charge in [-0.1, -0.05) is 24.3 Å². The Balaban J connectivity index is 1.92. The number of para-hydroxylation sites is 1. The molecular weight excluding hydrogens is 269 g/mol. The summed E-state index contributed by atoms with van der Waals surface area (Å²) in [6, 6.07) is 13.8. The van der Waals surface area contributed by atoms with Crippen LogP contribution in [-0.4, -0.2) is 20.1 Å². The zero-order valence-corrected chi connectivity index (χ0v) is 11.4. The van der Waals surface area contributed by atoms with Gasteiger partial charge in [-0.25, -0.2) is 4.39 Å². The van der Waals surface area contributed by atoms with E-state index < -0.39 is 6.10 Å². The zero-order valence-electron chi connectivity index (χ0n) is 11.4. The summed E-state index contributed by atoms with van der Waals surface area (Å²) >= 11 is 0. The van der Waals surface area contributed by atoms with E-state index in [1.165, 1.54) is 23.1 Å². The van der Waals surface area contributed by atoms with Crippen LogP contribution in [0.2, 0.25) is 0 Å². The maximum absolute atomic E-state index is 13.4. The molecule has 0 spiro atoms. The molecule has 0 radical (unpaired) electrons. The summed E-state index contributed by atoms with van der Waals surface area (Å²) in [6.07, 6.45) is 0.481. The lowest BCUT2D eigenvalue weighted by Gasteiger charge is -2.09. The molecule has 0 aliphatic heterocycles. The Morgan fingerprint density at radius 2 is 1.90 bits per heavy atom. The van der Waals surface area contributed by atoms with Crippen molar-refractivity contribution in [1.29, 1.82) is 0 Å². The van der Waals surface area contributed by atoms with E-state index >= 15 is 0 Å². The molecule has 0 aliphatic carbocycles. The summed E-state index contributed by atoms with van der Waals surface area (Å²) in [5.41, 5.74) is 2.39. The van der Waals surface area contributed by atoms with E-state index in [0.29, 0.717) is 11.3 Å². The van der Waals surface area contributed by atoms with Gasteiger partial charge in [0.2, 0.25) is 0 Å². The summed E-state index contributed by atoms with van der Waals surface area (Å²) in [5, 5.41) is 18.7. The van der Waals surface area contributed by atoms with Crippen molar-refractivity contribution < 1.29 is 9.50 Å². The molecule has 0 bridgehead atoms. The number of aliphatic hydroxyl groups is 1. The number of nitrogens with zero attached hydrogens (tertiary/aromatic N) is 3. The molecule has 5 heteroatoms. The second kappa shape index (κ2) is 5.46. The molecule has 0 amide bonds. The fourth-order valence-electron chi connectivity index (χ4n) is 2.18. The van der Waals surface area contributed by atoms with Crippen molar-refractivity contribution in [2.45, 2.75) is 13.0 Å². The summed E-state index contributed by atoms with van der Waals surface area (Å²) in [7, 11) is 0. The predicted octanol–water partition coefficient (Wildman–Crippen LogP) is 2.80. The summed E-state index contributed by atoms with van der Waals surface area (Å²) < 4.78 is 13.4. The predicted molar refractivity (Wildman–Crippen MR) is 76.6 cm³/mol. The van der Waals surface area contributed by atoms with Gasteiger partial charge in [0.05, 0.1) is 11.9 Å². The van der Waals surface area contributed by atoms with Crippen LogP contribution in [0, 0.1) is 12.7 Å². The van der Waals surface area contributed by atoms with Gasteiger partial charge in [0, 0.05) is 0 Å². The number of hydrogen-bond acceptors (Lipinski definition) is 3. The van der Waals surface area contributed by atoms with E-state index in [-0.39, 0.29) is 5.82 Å². The third-order valence-electron chi connectivity index (χ3n) is 3.16. The first kappa shape index (κ1) is 13.5. The summed E-state index contributed by atoms with van der Waals surface area (Å²) in [6.45, 7) is 1.78. The van der Waals surface area contributed by atoms with Gasteiger partial charge < -0.3 is 5.11 Å². The highest BCUT2D eigenvalue weighted by molar-refractivity contribution is 5.31. The Bertz CT molecular complexity index is 735. The largest absolute Gasteiger partial charge is 0.382 e. The van der Waals surface area contributed by atoms with Crippen LogP contribution in [0.5, 0.6) is 0 Å². The molecule has 0 saturated heterocycles. The van der Waals surface area contributed by atoms with Crippen LogP contribution in [0.3, 0.4) is 0 Å². The molecule has 0 saturated carbocycles. The number of halogens is 1. The van der Waals surface area contributed by atoms with E-state index in [9.17, 15) is 9.50 Å². The van der Waals surface area contributed by atoms with Crippen LogP contribution in [0.25, 0.3) is 5.69 Å². The van der Waals surface area contributed by atoms with E-state index in [0.717, 1.165) is 11.3 Å². The molecule has 0 fully saturated rings. The van der Waals surface area contributed by atoms with E-state index in [1.807, 2.05) is 30.3 Å². The van der Waals surface area contributed by atoms with Gasteiger partial charge >= 0.3 is 0 Å². The molecule has 1 atom stereocenters. The smallest absolute Gasteiger partial charge is 0.125 e. The lowest BCUT2D eigenvalue weighted by molar-refractivity contribution is 0.214. The number of aromatic nitrogens is 3. The molecule has 3 aromatic rings. The van der Waals surface area contributed by atoms with Gasteiger partial charge in [-0.05, 0) is 42.3 Å². The van der Waals surface area contributed by atoms with Crippen molar-refractivity contribution in [3.8, 4) is 5.69 Å². The van der Waals surface area contributed by atoms with Crippen molar-refractivity contribution in [3.05, 3.63) is 77.4 Å². The lowest BCUT2D eigenvalue weighted by Crippen LogP contribution is -2.04. The van der Waals surface area contributed by atoms with E-state index in [1.54, 1.807) is 13.0 Å². The van der Waals surface area contributed by atoms with Crippen LogP contribution in [0.15, 0.2) is 54.7 Å². The molecule has 1 N–H and O–H groups in total. The first-order chi connectivity index (χ1) is 10.1. The second-order valence-electron chi connectivity index (χ2n) is 4.86. The average molecular weight is 283 g/mol. The van der Waals surface area contributed by atoms with E-state index in [4.69, 9.17) is 0 Å². The summed E-state index contributed by atoms with van der Waals surface area (Å²) in [5.74, 6) is -0.375. The van der Waals surface area contributed by atoms with Gasteiger partial charge in [-0.3, -0.25) is 0 Å². The maximum atomic E-state index is 13.4. The number of hydrogen-bond donors (Lipinski definition) is 1. The van der Waals surface area contributed by atoms with Crippen LogP contribution >= 0.6 is 0 Å². The fraction of sp³-hybridized carbons (Fsp3) is 0.125. The van der Waals surface area contributed by atoms with Gasteiger partial charge in [-0.2, -0.15) is 15.0 Å². The van der Waals surface area contributed by atoms with Crippen LogP contribution < -0.4 is 0 Å². The molecule has 1 aromatic heterocycles. The monoisotopic (exact) mass is 283 g/mol. The minimum atomic E-state index is -1.00. The second-order valence-corrected chi connectivity index (χ2v) is 4.86. The molecular formula is C16H14FN3O. The minimum absolute atomic E-state index is 0.375. The highest BCUT2D eigenvalue weighted by Gasteiger charge is 2.16. The third kappa shape index (κ3) is 2.83. The standard InChI is InChI=1S/C16H14FN3O/c1-11-7-12(9-13(17)8-11)16(21)15-10-18-20(19-15)14-5-3-2-4-6-14/h2-10,16,21H,1H3. The quantitative estimate of drug-likeness (QED) is 0.804. The molecule has 4 nitrogen and oxygen atoms in total. The first-order valence-electron chi connectivity index (χ1n) is 6.56. The number of benzene rings is 2. The van der Waals surface area contributed by atoms with Gasteiger partial charge in [-0.15, -0.1) is 0 Å². The van der Waals surface area contributed by atoms with Crippen molar-refractivity contribution in [2.75, 3.05) is 0 Å². The molecule has 2 aromatic carbocycles. The van der Waals surface area contributed by atoms with Crippen molar-refractivity contribution >= 4 is 0 Å². The molecule has 3 rings (SSSR count). The van der Waals surface area contributed by atoms with Crippen LogP contribution in [0.4, 0.5) is 4.39 Å². The Hall–Kier alpha value is -2.53. The Labute approximate surface area is 121 Å². The number of aryl methyl sites for hydroxylation is 1. The van der Waals surface area contributed by atoms with Crippen LogP contribution in [-0.2, 0) is 0 Å². The Kier molecular flexibility index (Phi) is 3.50. The highest BCUT2D eigenvalue weighted by Crippen LogP contribution is 2.22.